The monoisotopic (exact) mass is 297 g/mol. The number of amides is 1. The zero-order valence-corrected chi connectivity index (χ0v) is 12.6. The number of oxazole rings is 1. The average molecular weight is 297 g/mol. The lowest BCUT2D eigenvalue weighted by Crippen LogP contribution is -2.40. The largest absolute Gasteiger partial charge is 0.438 e. The number of carbonyl (C=O) groups excluding carboxylic acids is 1. The van der Waals surface area contributed by atoms with Gasteiger partial charge in [-0.3, -0.25) is 9.69 Å². The molecule has 0 spiro atoms. The third-order valence-corrected chi connectivity index (χ3v) is 4.44. The highest BCUT2D eigenvalue weighted by atomic mass is 16.3. The Labute approximate surface area is 129 Å². The summed E-state index contributed by atoms with van der Waals surface area (Å²) in [6, 6.07) is 8.26. The molecule has 1 aromatic heterocycles. The predicted octanol–water partition coefficient (Wildman–Crippen LogP) is 2.47. The highest BCUT2D eigenvalue weighted by Gasteiger charge is 2.33. The molecule has 0 saturated heterocycles. The molecule has 114 valence electrons. The Balaban J connectivity index is 1.58. The summed E-state index contributed by atoms with van der Waals surface area (Å²) in [5, 5.41) is 3.12. The highest BCUT2D eigenvalue weighted by molar-refractivity contribution is 5.93. The number of aromatic nitrogens is 1. The zero-order chi connectivity index (χ0) is 15.1. The molecule has 1 unspecified atom stereocenters. The topological polar surface area (TPSA) is 58.4 Å². The van der Waals surface area contributed by atoms with Crippen LogP contribution in [-0.4, -0.2) is 29.4 Å². The van der Waals surface area contributed by atoms with Gasteiger partial charge in [-0.25, -0.2) is 4.98 Å². The Hall–Kier alpha value is -2.14. The fourth-order valence-electron chi connectivity index (χ4n) is 3.20. The van der Waals surface area contributed by atoms with Crippen LogP contribution in [0.1, 0.15) is 52.2 Å². The van der Waals surface area contributed by atoms with Gasteiger partial charge < -0.3 is 9.73 Å². The molecule has 4 rings (SSSR count). The Morgan fingerprint density at radius 3 is 3.00 bits per heavy atom. The Bertz CT molecular complexity index is 705. The molecule has 2 heterocycles. The van der Waals surface area contributed by atoms with Gasteiger partial charge in [-0.2, -0.15) is 0 Å². The molecule has 1 amide bonds. The minimum absolute atomic E-state index is 0.0143. The standard InChI is InChI=1S/C17H19N3O2/c1-20-8-12-4-2-3-5-13(12)14(9-20)19-17(21)16-15(11-6-7-11)18-10-22-16/h2-5,10-11,14H,6-9H2,1H3,(H,19,21). The van der Waals surface area contributed by atoms with Crippen molar-refractivity contribution >= 4 is 5.91 Å². The smallest absolute Gasteiger partial charge is 0.289 e. The molecule has 1 saturated carbocycles. The van der Waals surface area contributed by atoms with Gasteiger partial charge in [0.05, 0.1) is 11.7 Å². The molecular weight excluding hydrogens is 278 g/mol. The minimum Gasteiger partial charge on any atom is -0.438 e. The quantitative estimate of drug-likeness (QED) is 0.945. The summed E-state index contributed by atoms with van der Waals surface area (Å²) < 4.78 is 5.35. The van der Waals surface area contributed by atoms with Crippen molar-refractivity contribution in [1.29, 1.82) is 0 Å². The SMILES string of the molecule is CN1Cc2ccccc2C(NC(=O)c2ocnc2C2CC2)C1. The van der Waals surface area contributed by atoms with E-state index >= 15 is 0 Å². The molecule has 5 heteroatoms. The summed E-state index contributed by atoms with van der Waals surface area (Å²) in [5.41, 5.74) is 3.28. The van der Waals surface area contributed by atoms with Crippen LogP contribution in [0, 0.1) is 0 Å². The first kappa shape index (κ1) is 13.5. The van der Waals surface area contributed by atoms with E-state index in [2.05, 4.69) is 34.4 Å². The molecule has 1 N–H and O–H groups in total. The van der Waals surface area contributed by atoms with E-state index in [1.165, 1.54) is 17.5 Å². The second kappa shape index (κ2) is 5.25. The normalized spacial score (nSPS) is 21.4. The van der Waals surface area contributed by atoms with Gasteiger partial charge in [-0.05, 0) is 31.0 Å². The van der Waals surface area contributed by atoms with E-state index in [0.717, 1.165) is 31.6 Å². The van der Waals surface area contributed by atoms with E-state index in [9.17, 15) is 4.79 Å². The molecule has 1 atom stereocenters. The fraction of sp³-hybridized carbons (Fsp3) is 0.412. The first-order valence-corrected chi connectivity index (χ1v) is 7.73. The van der Waals surface area contributed by atoms with E-state index in [0.29, 0.717) is 11.7 Å². The molecule has 1 fully saturated rings. The predicted molar refractivity (Wildman–Crippen MR) is 81.5 cm³/mol. The van der Waals surface area contributed by atoms with Crippen molar-refractivity contribution in [2.75, 3.05) is 13.6 Å². The number of nitrogens with zero attached hydrogens (tertiary/aromatic N) is 2. The fourth-order valence-corrected chi connectivity index (χ4v) is 3.20. The van der Waals surface area contributed by atoms with Crippen LogP contribution in [-0.2, 0) is 6.54 Å². The molecule has 1 aliphatic carbocycles. The second-order valence-electron chi connectivity index (χ2n) is 6.26. The first-order chi connectivity index (χ1) is 10.7. The third-order valence-electron chi connectivity index (χ3n) is 4.44. The van der Waals surface area contributed by atoms with Gasteiger partial charge in [-0.1, -0.05) is 24.3 Å². The summed E-state index contributed by atoms with van der Waals surface area (Å²) in [4.78, 5) is 19.0. The molecule has 5 nitrogen and oxygen atoms in total. The minimum atomic E-state index is -0.158. The molecular formula is C17H19N3O2. The highest BCUT2D eigenvalue weighted by Crippen LogP contribution is 2.40. The number of hydrogen-bond donors (Lipinski definition) is 1. The van der Waals surface area contributed by atoms with Crippen molar-refractivity contribution in [3.8, 4) is 0 Å². The number of hydrogen-bond acceptors (Lipinski definition) is 4. The summed E-state index contributed by atoms with van der Waals surface area (Å²) in [7, 11) is 2.07. The number of carbonyl (C=O) groups is 1. The van der Waals surface area contributed by atoms with Crippen molar-refractivity contribution < 1.29 is 9.21 Å². The van der Waals surface area contributed by atoms with Crippen LogP contribution in [0.5, 0.6) is 0 Å². The molecule has 1 aromatic carbocycles. The number of likely N-dealkylation sites (N-methyl/N-ethyl adjacent to an activating group) is 1. The van der Waals surface area contributed by atoms with Crippen LogP contribution in [0.25, 0.3) is 0 Å². The van der Waals surface area contributed by atoms with E-state index in [1.54, 1.807) is 0 Å². The summed E-state index contributed by atoms with van der Waals surface area (Å²) in [6.07, 6.45) is 3.58. The van der Waals surface area contributed by atoms with Crippen LogP contribution in [0.3, 0.4) is 0 Å². The molecule has 0 bridgehead atoms. The summed E-state index contributed by atoms with van der Waals surface area (Å²) in [5.74, 6) is 0.628. The van der Waals surface area contributed by atoms with Crippen LogP contribution in [0.2, 0.25) is 0 Å². The van der Waals surface area contributed by atoms with Gasteiger partial charge in [-0.15, -0.1) is 0 Å². The van der Waals surface area contributed by atoms with E-state index in [4.69, 9.17) is 4.42 Å². The number of benzene rings is 1. The van der Waals surface area contributed by atoms with Crippen molar-refractivity contribution in [3.05, 3.63) is 53.2 Å². The van der Waals surface area contributed by atoms with E-state index in [-0.39, 0.29) is 11.9 Å². The van der Waals surface area contributed by atoms with Crippen LogP contribution in [0.4, 0.5) is 0 Å². The lowest BCUT2D eigenvalue weighted by atomic mass is 9.95. The molecule has 22 heavy (non-hydrogen) atoms. The van der Waals surface area contributed by atoms with Crippen molar-refractivity contribution in [2.24, 2.45) is 0 Å². The van der Waals surface area contributed by atoms with E-state index in [1.807, 2.05) is 12.1 Å². The average Bonchev–Trinajstić information content (AvgIpc) is 3.23. The molecule has 0 radical (unpaired) electrons. The molecule has 2 aliphatic rings. The molecule has 1 aliphatic heterocycles. The van der Waals surface area contributed by atoms with Crippen LogP contribution in [0.15, 0.2) is 35.1 Å². The van der Waals surface area contributed by atoms with Gasteiger partial charge >= 0.3 is 0 Å². The van der Waals surface area contributed by atoms with Gasteiger partial charge in [0.15, 0.2) is 6.39 Å². The number of fused-ring (bicyclic) bond motifs is 1. The zero-order valence-electron chi connectivity index (χ0n) is 12.6. The Morgan fingerprint density at radius 2 is 2.18 bits per heavy atom. The van der Waals surface area contributed by atoms with Crippen molar-refractivity contribution in [2.45, 2.75) is 31.3 Å². The van der Waals surface area contributed by atoms with Gasteiger partial charge in [0.2, 0.25) is 5.76 Å². The number of rotatable bonds is 3. The third kappa shape index (κ3) is 2.41. The Morgan fingerprint density at radius 1 is 1.36 bits per heavy atom. The molecule has 2 aromatic rings. The maximum Gasteiger partial charge on any atom is 0.289 e. The first-order valence-electron chi connectivity index (χ1n) is 7.73. The van der Waals surface area contributed by atoms with Crippen LogP contribution < -0.4 is 5.32 Å². The van der Waals surface area contributed by atoms with Crippen molar-refractivity contribution in [3.63, 3.8) is 0 Å². The second-order valence-corrected chi connectivity index (χ2v) is 6.26. The van der Waals surface area contributed by atoms with E-state index < -0.39 is 0 Å². The van der Waals surface area contributed by atoms with Crippen LogP contribution >= 0.6 is 0 Å². The lowest BCUT2D eigenvalue weighted by molar-refractivity contribution is 0.0892. The number of nitrogens with one attached hydrogen (secondary N) is 1. The Kier molecular flexibility index (Phi) is 3.22. The van der Waals surface area contributed by atoms with Gasteiger partial charge in [0, 0.05) is 19.0 Å². The summed E-state index contributed by atoms with van der Waals surface area (Å²) in [6.45, 7) is 1.72. The van der Waals surface area contributed by atoms with Gasteiger partial charge in [0.25, 0.3) is 5.91 Å². The van der Waals surface area contributed by atoms with Crippen molar-refractivity contribution in [1.82, 2.24) is 15.2 Å². The lowest BCUT2D eigenvalue weighted by Gasteiger charge is -2.32. The van der Waals surface area contributed by atoms with Gasteiger partial charge in [0.1, 0.15) is 0 Å². The summed E-state index contributed by atoms with van der Waals surface area (Å²) >= 11 is 0. The maximum absolute atomic E-state index is 12.6. The maximum atomic E-state index is 12.6.